The predicted octanol–water partition coefficient (Wildman–Crippen LogP) is -0.779. The lowest BCUT2D eigenvalue weighted by molar-refractivity contribution is -0.350. The third-order valence-electron chi connectivity index (χ3n) is 2.97. The van der Waals surface area contributed by atoms with Crippen LogP contribution in [-0.4, -0.2) is 5.71 Å². The first-order valence-corrected chi connectivity index (χ1v) is 6.07. The molecule has 0 bridgehead atoms. The Kier molecular flexibility index (Phi) is 4.03. The number of anilines is 1. The molecule has 0 aliphatic carbocycles. The number of fused-ring (bicyclic) bond motifs is 1. The highest BCUT2D eigenvalue weighted by molar-refractivity contribution is 6.06. The molecular formula is C16H15ClN2. The van der Waals surface area contributed by atoms with Crippen LogP contribution in [0.4, 0.5) is 11.4 Å². The summed E-state index contributed by atoms with van der Waals surface area (Å²) in [6.45, 7) is 2.08. The topological polar surface area (TPSA) is 26.0 Å². The largest absolute Gasteiger partial charge is 1.00 e. The molecule has 1 aliphatic rings. The van der Waals surface area contributed by atoms with Gasteiger partial charge >= 0.3 is 0 Å². The lowest BCUT2D eigenvalue weighted by atomic mass is 10.1. The summed E-state index contributed by atoms with van der Waals surface area (Å²) in [5, 5.41) is 3.40. The van der Waals surface area contributed by atoms with Crippen molar-refractivity contribution in [2.24, 2.45) is 0 Å². The highest BCUT2D eigenvalue weighted by atomic mass is 35.5. The van der Waals surface area contributed by atoms with E-state index in [0.29, 0.717) is 0 Å². The number of halogens is 1. The van der Waals surface area contributed by atoms with Crippen LogP contribution in [0, 0.1) is 0 Å². The Morgan fingerprint density at radius 1 is 0.895 bits per heavy atom. The maximum Gasteiger partial charge on any atom is 0.227 e. The standard InChI is InChI=1S/C16H14N2.ClH/c1-12-11-16(13-7-3-2-4-8-13)18-15-10-6-5-9-14(15)17-12;/h2-11,17H,1H3;1H. The van der Waals surface area contributed by atoms with E-state index in [1.54, 1.807) is 0 Å². The minimum Gasteiger partial charge on any atom is -1.00 e. The van der Waals surface area contributed by atoms with E-state index in [0.717, 1.165) is 22.8 Å². The van der Waals surface area contributed by atoms with E-state index in [9.17, 15) is 0 Å². The van der Waals surface area contributed by atoms with Gasteiger partial charge in [-0.15, -0.1) is 0 Å². The Bertz CT molecular complexity index is 630. The molecule has 0 spiro atoms. The van der Waals surface area contributed by atoms with E-state index in [1.165, 1.54) is 5.56 Å². The average Bonchev–Trinajstić information content (AvgIpc) is 2.57. The monoisotopic (exact) mass is 270 g/mol. The molecule has 0 saturated carbocycles. The lowest BCUT2D eigenvalue weighted by Crippen LogP contribution is -3.00. The van der Waals surface area contributed by atoms with Crippen molar-refractivity contribution in [2.75, 3.05) is 5.32 Å². The first-order chi connectivity index (χ1) is 8.83. The Morgan fingerprint density at radius 2 is 1.58 bits per heavy atom. The van der Waals surface area contributed by atoms with Gasteiger partial charge in [0, 0.05) is 23.4 Å². The van der Waals surface area contributed by atoms with Gasteiger partial charge in [-0.1, -0.05) is 30.3 Å². The predicted molar refractivity (Wildman–Crippen MR) is 75.0 cm³/mol. The van der Waals surface area contributed by atoms with Gasteiger partial charge in [0.25, 0.3) is 0 Å². The Morgan fingerprint density at radius 3 is 2.37 bits per heavy atom. The van der Waals surface area contributed by atoms with Gasteiger partial charge in [0.2, 0.25) is 11.4 Å². The zero-order chi connectivity index (χ0) is 12.4. The van der Waals surface area contributed by atoms with E-state index in [4.69, 9.17) is 0 Å². The van der Waals surface area contributed by atoms with E-state index in [2.05, 4.69) is 59.7 Å². The van der Waals surface area contributed by atoms with Crippen molar-refractivity contribution >= 4 is 17.1 Å². The van der Waals surface area contributed by atoms with Crippen LogP contribution in [0.25, 0.3) is 0 Å². The van der Waals surface area contributed by atoms with Crippen LogP contribution in [-0.2, 0) is 0 Å². The van der Waals surface area contributed by atoms with Gasteiger partial charge in [0.05, 0.1) is 0 Å². The molecule has 2 N–H and O–H groups in total. The van der Waals surface area contributed by atoms with Crippen LogP contribution >= 0.6 is 0 Å². The van der Waals surface area contributed by atoms with E-state index in [1.807, 2.05) is 18.2 Å². The van der Waals surface area contributed by atoms with Gasteiger partial charge in [-0.2, -0.15) is 0 Å². The van der Waals surface area contributed by atoms with E-state index >= 15 is 0 Å². The van der Waals surface area contributed by atoms with Crippen LogP contribution in [0.2, 0.25) is 0 Å². The molecule has 2 aromatic rings. The SMILES string of the molecule is CC1=CC(c2ccccc2)=[NH+]c2ccccc2N1.[Cl-]. The van der Waals surface area contributed by atoms with E-state index in [-0.39, 0.29) is 12.4 Å². The minimum absolute atomic E-state index is 0. The van der Waals surface area contributed by atoms with E-state index < -0.39 is 0 Å². The highest BCUT2D eigenvalue weighted by Crippen LogP contribution is 2.19. The first kappa shape index (κ1) is 13.4. The van der Waals surface area contributed by atoms with Crippen LogP contribution in [0.5, 0.6) is 0 Å². The second-order valence-corrected chi connectivity index (χ2v) is 4.40. The maximum atomic E-state index is 3.48. The summed E-state index contributed by atoms with van der Waals surface area (Å²) < 4.78 is 0. The maximum absolute atomic E-state index is 3.48. The lowest BCUT2D eigenvalue weighted by Gasteiger charge is -2.02. The molecule has 0 radical (unpaired) electrons. The third-order valence-corrected chi connectivity index (χ3v) is 2.97. The van der Waals surface area contributed by atoms with Crippen molar-refractivity contribution in [2.45, 2.75) is 6.92 Å². The molecule has 2 aromatic carbocycles. The average molecular weight is 271 g/mol. The van der Waals surface area contributed by atoms with Crippen LogP contribution < -0.4 is 22.7 Å². The summed E-state index contributed by atoms with van der Waals surface area (Å²) in [7, 11) is 0. The number of rotatable bonds is 1. The van der Waals surface area contributed by atoms with Gasteiger partial charge in [-0.3, -0.25) is 0 Å². The van der Waals surface area contributed by atoms with Crippen molar-refractivity contribution in [1.82, 2.24) is 0 Å². The van der Waals surface area contributed by atoms with Gasteiger partial charge < -0.3 is 17.7 Å². The molecule has 0 atom stereocenters. The molecule has 0 unspecified atom stereocenters. The molecule has 1 heterocycles. The van der Waals surface area contributed by atoms with Crippen molar-refractivity contribution < 1.29 is 17.4 Å². The molecule has 3 rings (SSSR count). The van der Waals surface area contributed by atoms with Gasteiger partial charge in [-0.05, 0) is 25.1 Å². The number of benzene rings is 2. The van der Waals surface area contributed by atoms with Gasteiger partial charge in [-0.25, -0.2) is 4.99 Å². The molecule has 96 valence electrons. The zero-order valence-electron chi connectivity index (χ0n) is 10.7. The Labute approximate surface area is 119 Å². The molecule has 0 fully saturated rings. The van der Waals surface area contributed by atoms with Gasteiger partial charge in [0.15, 0.2) is 0 Å². The summed E-state index contributed by atoms with van der Waals surface area (Å²) in [5.41, 5.74) is 5.65. The number of hydrogen-bond acceptors (Lipinski definition) is 1. The molecule has 0 saturated heterocycles. The quantitative estimate of drug-likeness (QED) is 0.699. The van der Waals surface area contributed by atoms with Crippen molar-refractivity contribution in [1.29, 1.82) is 0 Å². The molecule has 2 nitrogen and oxygen atoms in total. The summed E-state index contributed by atoms with van der Waals surface area (Å²) >= 11 is 0. The molecule has 0 amide bonds. The normalized spacial score (nSPS) is 13.1. The number of nitrogens with one attached hydrogen (secondary N) is 2. The number of allylic oxidation sites excluding steroid dienone is 2. The first-order valence-electron chi connectivity index (χ1n) is 6.07. The van der Waals surface area contributed by atoms with Crippen molar-refractivity contribution in [3.63, 3.8) is 0 Å². The second kappa shape index (κ2) is 5.72. The fourth-order valence-electron chi connectivity index (χ4n) is 2.12. The van der Waals surface area contributed by atoms with Crippen LogP contribution in [0.1, 0.15) is 12.5 Å². The molecule has 19 heavy (non-hydrogen) atoms. The van der Waals surface area contributed by atoms with Crippen LogP contribution in [0.3, 0.4) is 0 Å². The third kappa shape index (κ3) is 2.85. The van der Waals surface area contributed by atoms with Crippen molar-refractivity contribution in [3.8, 4) is 0 Å². The summed E-state index contributed by atoms with van der Waals surface area (Å²) in [4.78, 5) is 3.48. The summed E-state index contributed by atoms with van der Waals surface area (Å²) in [6, 6.07) is 18.6. The summed E-state index contributed by atoms with van der Waals surface area (Å²) in [6.07, 6.45) is 2.13. The highest BCUT2D eigenvalue weighted by Gasteiger charge is 2.15. The van der Waals surface area contributed by atoms with Crippen LogP contribution in [0.15, 0.2) is 66.4 Å². The Balaban J connectivity index is 0.00000133. The zero-order valence-corrected chi connectivity index (χ0v) is 11.4. The smallest absolute Gasteiger partial charge is 0.227 e. The van der Waals surface area contributed by atoms with Gasteiger partial charge in [0.1, 0.15) is 5.69 Å². The number of para-hydroxylation sites is 2. The molecule has 1 aliphatic heterocycles. The molecule has 0 aromatic heterocycles. The fourth-order valence-corrected chi connectivity index (χ4v) is 2.12. The number of hydrogen-bond donors (Lipinski definition) is 2. The van der Waals surface area contributed by atoms with Crippen molar-refractivity contribution in [3.05, 3.63) is 71.9 Å². The second-order valence-electron chi connectivity index (χ2n) is 4.40. The summed E-state index contributed by atoms with van der Waals surface area (Å²) in [5.74, 6) is 0. The Hall–Kier alpha value is -2.06. The fraction of sp³-hybridized carbons (Fsp3) is 0.0625. The molecule has 3 heteroatoms. The molecular weight excluding hydrogens is 256 g/mol. The minimum atomic E-state index is 0.